The molecule has 1 aromatic heterocycles. The predicted molar refractivity (Wildman–Crippen MR) is 155 cm³/mol. The van der Waals surface area contributed by atoms with Gasteiger partial charge in [-0.2, -0.15) is 0 Å². The summed E-state index contributed by atoms with van der Waals surface area (Å²) in [6.07, 6.45) is 15.1. The van der Waals surface area contributed by atoms with Crippen LogP contribution in [0.5, 0.6) is 5.75 Å². The molecule has 4 rings (SSSR count). The monoisotopic (exact) mass is 501 g/mol. The Balaban J connectivity index is 1.71. The van der Waals surface area contributed by atoms with Crippen molar-refractivity contribution in [3.05, 3.63) is 72.1 Å². The fourth-order valence-corrected chi connectivity index (χ4v) is 5.91. The second-order valence-electron chi connectivity index (χ2n) is 10.8. The summed E-state index contributed by atoms with van der Waals surface area (Å²) in [5.41, 5.74) is 3.97. The van der Waals surface area contributed by atoms with Crippen LogP contribution in [0, 0.1) is 5.92 Å². The van der Waals surface area contributed by atoms with Gasteiger partial charge in [-0.15, -0.1) is 0 Å². The normalized spacial score (nSPS) is 15.2. The SMILES string of the molecule is CCCCC(c1cnc(-c2ccccc2)n1CCCC)N(Cc1ccc(OC)cc1)CC1CCCCC1. The van der Waals surface area contributed by atoms with Gasteiger partial charge in [-0.25, -0.2) is 4.98 Å². The molecule has 1 aliphatic carbocycles. The molecule has 0 saturated heterocycles. The minimum atomic E-state index is 0.366. The molecule has 4 nitrogen and oxygen atoms in total. The van der Waals surface area contributed by atoms with E-state index in [4.69, 9.17) is 9.72 Å². The highest BCUT2D eigenvalue weighted by Crippen LogP contribution is 2.35. The standard InChI is InChI=1S/C33H47N3O/c1-4-6-18-31(32-24-34-33(36(32)23-7-5-2)29-16-12-9-13-17-29)35(25-27-14-10-8-11-15-27)26-28-19-21-30(37-3)22-20-28/h9,12-13,16-17,19-22,24,27,31H,4-8,10-11,14-15,18,23,25-26H2,1-3H3. The Kier molecular flexibility index (Phi) is 10.7. The number of methoxy groups -OCH3 is 1. The molecule has 1 atom stereocenters. The Hall–Kier alpha value is -2.59. The van der Waals surface area contributed by atoms with Crippen molar-refractivity contribution in [2.75, 3.05) is 13.7 Å². The summed E-state index contributed by atoms with van der Waals surface area (Å²) in [5.74, 6) is 2.83. The zero-order valence-corrected chi connectivity index (χ0v) is 23.4. The van der Waals surface area contributed by atoms with E-state index in [1.54, 1.807) is 7.11 Å². The number of unbranched alkanes of at least 4 members (excludes halogenated alkanes) is 2. The van der Waals surface area contributed by atoms with Crippen molar-refractivity contribution in [3.8, 4) is 17.1 Å². The summed E-state index contributed by atoms with van der Waals surface area (Å²) < 4.78 is 7.98. The van der Waals surface area contributed by atoms with Crippen molar-refractivity contribution < 1.29 is 4.74 Å². The average molecular weight is 502 g/mol. The van der Waals surface area contributed by atoms with Crippen molar-refractivity contribution in [2.24, 2.45) is 5.92 Å². The van der Waals surface area contributed by atoms with Crippen molar-refractivity contribution in [3.63, 3.8) is 0 Å². The van der Waals surface area contributed by atoms with E-state index in [9.17, 15) is 0 Å². The molecule has 2 aromatic carbocycles. The summed E-state index contributed by atoms with van der Waals surface area (Å²) in [7, 11) is 1.74. The Morgan fingerprint density at radius 1 is 0.946 bits per heavy atom. The van der Waals surface area contributed by atoms with E-state index in [1.807, 2.05) is 0 Å². The lowest BCUT2D eigenvalue weighted by Gasteiger charge is -2.36. The van der Waals surface area contributed by atoms with Gasteiger partial charge in [0.05, 0.1) is 25.0 Å². The molecular weight excluding hydrogens is 454 g/mol. The quantitative estimate of drug-likeness (QED) is 0.221. The van der Waals surface area contributed by atoms with Crippen molar-refractivity contribution in [1.82, 2.24) is 14.5 Å². The van der Waals surface area contributed by atoms with Crippen LogP contribution in [0.1, 0.15) is 95.4 Å². The molecule has 0 spiro atoms. The molecule has 0 N–H and O–H groups in total. The lowest BCUT2D eigenvalue weighted by Crippen LogP contribution is -2.35. The lowest BCUT2D eigenvalue weighted by atomic mass is 9.88. The number of rotatable bonds is 14. The van der Waals surface area contributed by atoms with E-state index < -0.39 is 0 Å². The Morgan fingerprint density at radius 2 is 1.68 bits per heavy atom. The highest BCUT2D eigenvalue weighted by atomic mass is 16.5. The van der Waals surface area contributed by atoms with Gasteiger partial charge in [-0.1, -0.05) is 94.8 Å². The fraction of sp³-hybridized carbons (Fsp3) is 0.545. The molecule has 0 bridgehead atoms. The largest absolute Gasteiger partial charge is 0.497 e. The maximum absolute atomic E-state index is 5.44. The number of hydrogen-bond donors (Lipinski definition) is 0. The van der Waals surface area contributed by atoms with E-state index in [-0.39, 0.29) is 0 Å². The number of ether oxygens (including phenoxy) is 1. The van der Waals surface area contributed by atoms with Gasteiger partial charge in [0.2, 0.25) is 0 Å². The Bertz CT molecular complexity index is 1040. The maximum atomic E-state index is 5.44. The van der Waals surface area contributed by atoms with Crippen LogP contribution in [0.3, 0.4) is 0 Å². The van der Waals surface area contributed by atoms with Gasteiger partial charge in [0.15, 0.2) is 0 Å². The summed E-state index contributed by atoms with van der Waals surface area (Å²) >= 11 is 0. The molecule has 200 valence electrons. The third-order valence-electron chi connectivity index (χ3n) is 8.03. The van der Waals surface area contributed by atoms with Crippen molar-refractivity contribution >= 4 is 0 Å². The molecule has 0 amide bonds. The topological polar surface area (TPSA) is 30.3 Å². The first-order valence-corrected chi connectivity index (χ1v) is 14.7. The minimum absolute atomic E-state index is 0.366. The highest BCUT2D eigenvalue weighted by molar-refractivity contribution is 5.56. The molecule has 0 radical (unpaired) electrons. The van der Waals surface area contributed by atoms with Crippen LogP contribution >= 0.6 is 0 Å². The predicted octanol–water partition coefficient (Wildman–Crippen LogP) is 8.67. The van der Waals surface area contributed by atoms with Gasteiger partial charge in [0, 0.05) is 25.2 Å². The molecule has 1 heterocycles. The third kappa shape index (κ3) is 7.47. The van der Waals surface area contributed by atoms with Crippen LogP contribution < -0.4 is 4.74 Å². The summed E-state index contributed by atoms with van der Waals surface area (Å²) in [4.78, 5) is 7.84. The summed E-state index contributed by atoms with van der Waals surface area (Å²) in [6.45, 7) is 7.76. The minimum Gasteiger partial charge on any atom is -0.497 e. The smallest absolute Gasteiger partial charge is 0.140 e. The second kappa shape index (κ2) is 14.4. The van der Waals surface area contributed by atoms with Gasteiger partial charge in [-0.05, 0) is 49.3 Å². The highest BCUT2D eigenvalue weighted by Gasteiger charge is 2.28. The van der Waals surface area contributed by atoms with E-state index in [0.29, 0.717) is 6.04 Å². The Labute approximate surface area is 225 Å². The van der Waals surface area contributed by atoms with Gasteiger partial charge in [0.1, 0.15) is 11.6 Å². The molecule has 1 fully saturated rings. The first-order chi connectivity index (χ1) is 18.2. The van der Waals surface area contributed by atoms with E-state index in [2.05, 4.69) is 84.1 Å². The zero-order valence-electron chi connectivity index (χ0n) is 23.4. The van der Waals surface area contributed by atoms with Crippen LogP contribution in [-0.4, -0.2) is 28.1 Å². The fourth-order valence-electron chi connectivity index (χ4n) is 5.91. The van der Waals surface area contributed by atoms with Gasteiger partial charge in [0.25, 0.3) is 0 Å². The maximum Gasteiger partial charge on any atom is 0.140 e. The van der Waals surface area contributed by atoms with Crippen molar-refractivity contribution in [1.29, 1.82) is 0 Å². The van der Waals surface area contributed by atoms with Crippen molar-refractivity contribution in [2.45, 2.75) is 97.2 Å². The lowest BCUT2D eigenvalue weighted by molar-refractivity contribution is 0.127. The molecule has 1 saturated carbocycles. The Morgan fingerprint density at radius 3 is 2.35 bits per heavy atom. The van der Waals surface area contributed by atoms with Gasteiger partial charge >= 0.3 is 0 Å². The van der Waals surface area contributed by atoms with Crippen LogP contribution in [0.4, 0.5) is 0 Å². The molecule has 3 aromatic rings. The van der Waals surface area contributed by atoms with Gasteiger partial charge in [-0.3, -0.25) is 4.90 Å². The summed E-state index contributed by atoms with van der Waals surface area (Å²) in [5, 5.41) is 0. The molecule has 1 aliphatic rings. The average Bonchev–Trinajstić information content (AvgIpc) is 3.37. The molecule has 4 heteroatoms. The molecule has 0 aliphatic heterocycles. The van der Waals surface area contributed by atoms with Crippen LogP contribution in [0.25, 0.3) is 11.4 Å². The van der Waals surface area contributed by atoms with Gasteiger partial charge < -0.3 is 9.30 Å². The second-order valence-corrected chi connectivity index (χ2v) is 10.8. The third-order valence-corrected chi connectivity index (χ3v) is 8.03. The molecule has 37 heavy (non-hydrogen) atoms. The van der Waals surface area contributed by atoms with E-state index in [0.717, 1.165) is 30.6 Å². The zero-order chi connectivity index (χ0) is 25.9. The van der Waals surface area contributed by atoms with E-state index >= 15 is 0 Å². The molecule has 1 unspecified atom stereocenters. The van der Waals surface area contributed by atoms with Crippen LogP contribution in [-0.2, 0) is 13.1 Å². The molecular formula is C33H47N3O. The van der Waals surface area contributed by atoms with E-state index in [1.165, 1.54) is 87.6 Å². The number of nitrogens with zero attached hydrogens (tertiary/aromatic N) is 3. The number of aromatic nitrogens is 2. The number of imidazole rings is 1. The number of benzene rings is 2. The first-order valence-electron chi connectivity index (χ1n) is 14.7. The number of hydrogen-bond acceptors (Lipinski definition) is 3. The van der Waals surface area contributed by atoms with Crippen LogP contribution in [0.15, 0.2) is 60.8 Å². The first kappa shape index (κ1) is 27.4. The summed E-state index contributed by atoms with van der Waals surface area (Å²) in [6, 6.07) is 19.8. The van der Waals surface area contributed by atoms with Crippen LogP contribution in [0.2, 0.25) is 0 Å².